The van der Waals surface area contributed by atoms with Crippen LogP contribution in [0.25, 0.3) is 0 Å². The summed E-state index contributed by atoms with van der Waals surface area (Å²) in [6.07, 6.45) is 6.64. The maximum absolute atomic E-state index is 4.56. The van der Waals surface area contributed by atoms with Crippen molar-refractivity contribution in [3.05, 3.63) is 42.0 Å². The number of hydrogen-bond acceptors (Lipinski definition) is 5. The molecule has 2 heterocycles. The molecule has 2 N–H and O–H groups in total. The lowest BCUT2D eigenvalue weighted by atomic mass is 10.3. The summed E-state index contributed by atoms with van der Waals surface area (Å²) in [5.74, 6) is 2.63. The standard InChI is InChI=1S/C16H23N5/c1-3-6-14-20-15(18-8-4-2)10-16(21-14)19-12-13-7-5-9-17-11-13/h5,7,9-11H,3-4,6,8,12H2,1-2H3,(H2,18,19,20,21). The predicted molar refractivity (Wildman–Crippen MR) is 86.4 cm³/mol. The molecule has 0 amide bonds. The molecule has 0 spiro atoms. The molecule has 0 atom stereocenters. The van der Waals surface area contributed by atoms with Crippen LogP contribution in [0.3, 0.4) is 0 Å². The fourth-order valence-electron chi connectivity index (χ4n) is 1.96. The molecule has 0 aliphatic rings. The van der Waals surface area contributed by atoms with Gasteiger partial charge < -0.3 is 10.6 Å². The summed E-state index contributed by atoms with van der Waals surface area (Å²) in [6.45, 7) is 5.91. The molecule has 21 heavy (non-hydrogen) atoms. The molecule has 2 aromatic heterocycles. The van der Waals surface area contributed by atoms with Crippen LogP contribution < -0.4 is 10.6 Å². The molecule has 2 rings (SSSR count). The van der Waals surface area contributed by atoms with Crippen LogP contribution in [0.5, 0.6) is 0 Å². The molecule has 0 fully saturated rings. The average Bonchev–Trinajstić information content (AvgIpc) is 2.52. The first-order valence-electron chi connectivity index (χ1n) is 7.56. The van der Waals surface area contributed by atoms with Crippen LogP contribution >= 0.6 is 0 Å². The molecular formula is C16H23N5. The molecule has 0 bridgehead atoms. The highest BCUT2D eigenvalue weighted by Gasteiger charge is 2.04. The van der Waals surface area contributed by atoms with Crippen LogP contribution in [-0.2, 0) is 13.0 Å². The monoisotopic (exact) mass is 285 g/mol. The lowest BCUT2D eigenvalue weighted by molar-refractivity contribution is 0.831. The Bertz CT molecular complexity index is 542. The van der Waals surface area contributed by atoms with Crippen LogP contribution in [0, 0.1) is 0 Å². The molecule has 112 valence electrons. The Morgan fingerprint density at radius 2 is 1.86 bits per heavy atom. The average molecular weight is 285 g/mol. The van der Waals surface area contributed by atoms with Gasteiger partial charge in [0.25, 0.3) is 0 Å². The van der Waals surface area contributed by atoms with E-state index in [4.69, 9.17) is 0 Å². The summed E-state index contributed by atoms with van der Waals surface area (Å²) in [5, 5.41) is 6.67. The molecule has 5 heteroatoms. The summed E-state index contributed by atoms with van der Waals surface area (Å²) < 4.78 is 0. The second kappa shape index (κ2) is 8.19. The van der Waals surface area contributed by atoms with Gasteiger partial charge in [0.05, 0.1) is 0 Å². The minimum absolute atomic E-state index is 0.712. The summed E-state index contributed by atoms with van der Waals surface area (Å²) in [7, 11) is 0. The Morgan fingerprint density at radius 3 is 2.52 bits per heavy atom. The van der Waals surface area contributed by atoms with E-state index >= 15 is 0 Å². The van der Waals surface area contributed by atoms with Crippen LogP contribution in [0.1, 0.15) is 38.1 Å². The van der Waals surface area contributed by atoms with Gasteiger partial charge in [-0.25, -0.2) is 9.97 Å². The number of anilines is 2. The highest BCUT2D eigenvalue weighted by molar-refractivity contribution is 5.47. The van der Waals surface area contributed by atoms with Gasteiger partial charge in [0, 0.05) is 38.0 Å². The van der Waals surface area contributed by atoms with Crippen molar-refractivity contribution >= 4 is 11.6 Å². The van der Waals surface area contributed by atoms with E-state index in [0.717, 1.165) is 48.8 Å². The highest BCUT2D eigenvalue weighted by Crippen LogP contribution is 2.13. The molecule has 0 aliphatic carbocycles. The van der Waals surface area contributed by atoms with E-state index in [2.05, 4.69) is 39.4 Å². The number of pyridine rings is 1. The fourth-order valence-corrected chi connectivity index (χ4v) is 1.96. The smallest absolute Gasteiger partial charge is 0.133 e. The Balaban J connectivity index is 2.07. The number of nitrogens with zero attached hydrogens (tertiary/aromatic N) is 3. The number of rotatable bonds is 8. The Hall–Kier alpha value is -2.17. The second-order valence-corrected chi connectivity index (χ2v) is 4.95. The summed E-state index contributed by atoms with van der Waals surface area (Å²) >= 11 is 0. The molecule has 0 saturated heterocycles. The van der Waals surface area contributed by atoms with Crippen molar-refractivity contribution in [3.63, 3.8) is 0 Å². The van der Waals surface area contributed by atoms with Crippen molar-refractivity contribution < 1.29 is 0 Å². The predicted octanol–water partition coefficient (Wildman–Crippen LogP) is 3.26. The van der Waals surface area contributed by atoms with Crippen molar-refractivity contribution in [2.45, 2.75) is 39.7 Å². The minimum atomic E-state index is 0.712. The van der Waals surface area contributed by atoms with Gasteiger partial charge in [0.1, 0.15) is 17.5 Å². The van der Waals surface area contributed by atoms with E-state index in [9.17, 15) is 0 Å². The van der Waals surface area contributed by atoms with E-state index in [-0.39, 0.29) is 0 Å². The third-order valence-corrected chi connectivity index (χ3v) is 3.00. The molecule has 0 saturated carbocycles. The third kappa shape index (κ3) is 5.02. The van der Waals surface area contributed by atoms with Crippen molar-refractivity contribution in [2.75, 3.05) is 17.2 Å². The fraction of sp³-hybridized carbons (Fsp3) is 0.438. The molecular weight excluding hydrogens is 262 g/mol. The third-order valence-electron chi connectivity index (χ3n) is 3.00. The summed E-state index contributed by atoms with van der Waals surface area (Å²) in [5.41, 5.74) is 1.14. The maximum Gasteiger partial charge on any atom is 0.133 e. The van der Waals surface area contributed by atoms with Crippen LogP contribution in [0.15, 0.2) is 30.6 Å². The molecule has 0 aliphatic heterocycles. The SMILES string of the molecule is CCCNc1cc(NCc2cccnc2)nc(CCC)n1. The summed E-state index contributed by atoms with van der Waals surface area (Å²) in [6, 6.07) is 5.95. The van der Waals surface area contributed by atoms with Crippen molar-refractivity contribution in [1.29, 1.82) is 0 Å². The quantitative estimate of drug-likeness (QED) is 0.779. The first-order chi connectivity index (χ1) is 10.3. The number of hydrogen-bond donors (Lipinski definition) is 2. The van der Waals surface area contributed by atoms with Crippen molar-refractivity contribution in [3.8, 4) is 0 Å². The number of nitrogens with one attached hydrogen (secondary N) is 2. The molecule has 0 radical (unpaired) electrons. The first kappa shape index (κ1) is 15.2. The van der Waals surface area contributed by atoms with Gasteiger partial charge in [-0.2, -0.15) is 0 Å². The maximum atomic E-state index is 4.56. The lowest BCUT2D eigenvalue weighted by Gasteiger charge is -2.11. The Morgan fingerprint density at radius 1 is 1.05 bits per heavy atom. The number of aryl methyl sites for hydroxylation is 1. The summed E-state index contributed by atoms with van der Waals surface area (Å²) in [4.78, 5) is 13.2. The van der Waals surface area contributed by atoms with E-state index in [1.807, 2.05) is 24.4 Å². The zero-order valence-electron chi connectivity index (χ0n) is 12.8. The first-order valence-corrected chi connectivity index (χ1v) is 7.56. The van der Waals surface area contributed by atoms with Gasteiger partial charge in [-0.05, 0) is 24.5 Å². The van der Waals surface area contributed by atoms with Gasteiger partial charge >= 0.3 is 0 Å². The van der Waals surface area contributed by atoms with E-state index < -0.39 is 0 Å². The molecule has 0 aromatic carbocycles. The van der Waals surface area contributed by atoms with Crippen molar-refractivity contribution in [2.24, 2.45) is 0 Å². The normalized spacial score (nSPS) is 10.4. The zero-order chi connectivity index (χ0) is 14.9. The molecule has 2 aromatic rings. The van der Waals surface area contributed by atoms with E-state index in [1.54, 1.807) is 6.20 Å². The van der Waals surface area contributed by atoms with Crippen LogP contribution in [-0.4, -0.2) is 21.5 Å². The highest BCUT2D eigenvalue weighted by atomic mass is 15.1. The number of aromatic nitrogens is 3. The van der Waals surface area contributed by atoms with Gasteiger partial charge in [-0.15, -0.1) is 0 Å². The van der Waals surface area contributed by atoms with Gasteiger partial charge in [-0.1, -0.05) is 19.9 Å². The van der Waals surface area contributed by atoms with Gasteiger partial charge in [-0.3, -0.25) is 4.98 Å². The zero-order valence-corrected chi connectivity index (χ0v) is 12.8. The lowest BCUT2D eigenvalue weighted by Crippen LogP contribution is -2.09. The van der Waals surface area contributed by atoms with Crippen LogP contribution in [0.4, 0.5) is 11.6 Å². The van der Waals surface area contributed by atoms with E-state index in [1.165, 1.54) is 0 Å². The Kier molecular flexibility index (Phi) is 5.94. The molecule has 5 nitrogen and oxygen atoms in total. The topological polar surface area (TPSA) is 62.7 Å². The second-order valence-electron chi connectivity index (χ2n) is 4.95. The van der Waals surface area contributed by atoms with Crippen molar-refractivity contribution in [1.82, 2.24) is 15.0 Å². The largest absolute Gasteiger partial charge is 0.370 e. The Labute approximate surface area is 126 Å². The van der Waals surface area contributed by atoms with E-state index in [0.29, 0.717) is 6.54 Å². The minimum Gasteiger partial charge on any atom is -0.370 e. The molecule has 0 unspecified atom stereocenters. The van der Waals surface area contributed by atoms with Gasteiger partial charge in [0.2, 0.25) is 0 Å². The van der Waals surface area contributed by atoms with Gasteiger partial charge in [0.15, 0.2) is 0 Å². The van der Waals surface area contributed by atoms with Crippen LogP contribution in [0.2, 0.25) is 0 Å².